The number of allylic oxidation sites excluding steroid dienone is 4. The number of aromatic nitrogens is 1. The van der Waals surface area contributed by atoms with Crippen LogP contribution in [0.1, 0.15) is 21.8 Å². The first kappa shape index (κ1) is 13.7. The molecule has 1 heterocycles. The fraction of sp³-hybridized carbons (Fsp3) is 0.125. The zero-order valence-corrected chi connectivity index (χ0v) is 12.2. The van der Waals surface area contributed by atoms with Crippen molar-refractivity contribution in [1.82, 2.24) is 4.98 Å². The molecule has 0 spiro atoms. The van der Waals surface area contributed by atoms with E-state index in [1.54, 1.807) is 12.1 Å². The van der Waals surface area contributed by atoms with Crippen LogP contribution >= 0.6 is 11.3 Å². The summed E-state index contributed by atoms with van der Waals surface area (Å²) in [7, 11) is 0. The van der Waals surface area contributed by atoms with Crippen molar-refractivity contribution in [3.8, 4) is 0 Å². The molecule has 0 saturated carbocycles. The number of Topliss-reactive ketones (excluding diaryl/α,β-unsaturated/α-hetero) is 1. The van der Waals surface area contributed by atoms with Gasteiger partial charge in [-0.25, -0.2) is 9.37 Å². The van der Waals surface area contributed by atoms with Crippen molar-refractivity contribution in [2.75, 3.05) is 5.32 Å². The van der Waals surface area contributed by atoms with E-state index in [-0.39, 0.29) is 11.6 Å². The molecule has 1 N–H and O–H groups in total. The molecule has 0 amide bonds. The molecule has 5 heteroatoms. The van der Waals surface area contributed by atoms with Gasteiger partial charge in [0, 0.05) is 11.3 Å². The van der Waals surface area contributed by atoms with E-state index in [0.717, 1.165) is 17.7 Å². The first-order chi connectivity index (χ1) is 10.1. The number of nitrogens with zero attached hydrogens (tertiary/aromatic N) is 1. The molecular formula is C16H13FN2OS. The Morgan fingerprint density at radius 3 is 2.76 bits per heavy atom. The summed E-state index contributed by atoms with van der Waals surface area (Å²) in [5.74, 6) is -0.280. The van der Waals surface area contributed by atoms with Crippen LogP contribution in [0.3, 0.4) is 0 Å². The van der Waals surface area contributed by atoms with Crippen LogP contribution in [-0.2, 0) is 0 Å². The molecule has 0 aliphatic heterocycles. The number of carbonyl (C=O) groups excluding carboxylic acids is 1. The molecule has 1 aliphatic carbocycles. The molecule has 21 heavy (non-hydrogen) atoms. The van der Waals surface area contributed by atoms with Gasteiger partial charge in [-0.05, 0) is 37.6 Å². The molecule has 0 fully saturated rings. The number of anilines is 2. The van der Waals surface area contributed by atoms with Gasteiger partial charge in [-0.15, -0.1) is 0 Å². The first-order valence-electron chi connectivity index (χ1n) is 6.55. The van der Waals surface area contributed by atoms with Gasteiger partial charge in [0.05, 0.1) is 10.6 Å². The van der Waals surface area contributed by atoms with Crippen LogP contribution in [0.2, 0.25) is 0 Å². The smallest absolute Gasteiger partial charge is 0.204 e. The average molecular weight is 300 g/mol. The SMILES string of the molecule is Cc1nc(Nc2ccc(F)cc2)sc1C(=O)C1=CCC=C1. The third-order valence-corrected chi connectivity index (χ3v) is 4.20. The van der Waals surface area contributed by atoms with Gasteiger partial charge in [-0.1, -0.05) is 29.6 Å². The molecule has 1 aromatic heterocycles. The molecule has 3 nitrogen and oxygen atoms in total. The summed E-state index contributed by atoms with van der Waals surface area (Å²) >= 11 is 1.31. The predicted molar refractivity (Wildman–Crippen MR) is 82.7 cm³/mol. The maximum absolute atomic E-state index is 12.9. The standard InChI is InChI=1S/C16H13FN2OS/c1-10-15(14(20)11-4-2-3-5-11)21-16(18-10)19-13-8-6-12(17)7-9-13/h2,4-9H,3H2,1H3,(H,18,19). The minimum absolute atomic E-state index is 0.00547. The zero-order valence-electron chi connectivity index (χ0n) is 11.4. The van der Waals surface area contributed by atoms with E-state index in [0.29, 0.717) is 15.7 Å². The predicted octanol–water partition coefficient (Wildman–Crippen LogP) is 4.40. The quantitative estimate of drug-likeness (QED) is 0.851. The molecule has 1 aliphatic rings. The van der Waals surface area contributed by atoms with Crippen molar-refractivity contribution in [1.29, 1.82) is 0 Å². The van der Waals surface area contributed by atoms with Gasteiger partial charge in [0.1, 0.15) is 5.82 Å². The number of halogens is 1. The number of rotatable bonds is 4. The molecule has 0 atom stereocenters. The van der Waals surface area contributed by atoms with Crippen LogP contribution in [0, 0.1) is 12.7 Å². The van der Waals surface area contributed by atoms with Gasteiger partial charge in [-0.2, -0.15) is 0 Å². The lowest BCUT2D eigenvalue weighted by atomic mass is 10.1. The number of benzene rings is 1. The Morgan fingerprint density at radius 1 is 1.33 bits per heavy atom. The van der Waals surface area contributed by atoms with Crippen molar-refractivity contribution >= 4 is 27.9 Å². The Morgan fingerprint density at radius 2 is 2.10 bits per heavy atom. The second kappa shape index (κ2) is 5.61. The third kappa shape index (κ3) is 2.92. The van der Waals surface area contributed by atoms with Crippen molar-refractivity contribution in [3.05, 3.63) is 64.5 Å². The van der Waals surface area contributed by atoms with Crippen LogP contribution in [0.5, 0.6) is 0 Å². The molecule has 0 saturated heterocycles. The van der Waals surface area contributed by atoms with Gasteiger partial charge in [0.2, 0.25) is 5.78 Å². The molecule has 2 aromatic rings. The largest absolute Gasteiger partial charge is 0.332 e. The number of hydrogen-bond donors (Lipinski definition) is 1. The van der Waals surface area contributed by atoms with E-state index in [2.05, 4.69) is 10.3 Å². The van der Waals surface area contributed by atoms with Crippen LogP contribution in [0.25, 0.3) is 0 Å². The normalized spacial score (nSPS) is 13.3. The maximum atomic E-state index is 12.9. The van der Waals surface area contributed by atoms with Crippen molar-refractivity contribution in [2.45, 2.75) is 13.3 Å². The van der Waals surface area contributed by atoms with E-state index in [1.807, 2.05) is 25.2 Å². The highest BCUT2D eigenvalue weighted by Gasteiger charge is 2.18. The summed E-state index contributed by atoms with van der Waals surface area (Å²) in [5, 5.41) is 3.72. The summed E-state index contributed by atoms with van der Waals surface area (Å²) in [4.78, 5) is 17.4. The number of nitrogens with one attached hydrogen (secondary N) is 1. The van der Waals surface area contributed by atoms with Gasteiger partial charge < -0.3 is 5.32 Å². The molecular weight excluding hydrogens is 287 g/mol. The highest BCUT2D eigenvalue weighted by atomic mass is 32.1. The van der Waals surface area contributed by atoms with Gasteiger partial charge in [0.15, 0.2) is 5.13 Å². The van der Waals surface area contributed by atoms with Crippen molar-refractivity contribution in [2.24, 2.45) is 0 Å². The number of carbonyl (C=O) groups is 1. The Kier molecular flexibility index (Phi) is 3.66. The highest BCUT2D eigenvalue weighted by molar-refractivity contribution is 7.17. The molecule has 106 valence electrons. The summed E-state index contributed by atoms with van der Waals surface area (Å²) in [5.41, 5.74) is 2.16. The zero-order chi connectivity index (χ0) is 14.8. The third-order valence-electron chi connectivity index (χ3n) is 3.13. The number of aryl methyl sites for hydroxylation is 1. The molecule has 3 rings (SSSR count). The molecule has 0 radical (unpaired) electrons. The Bertz CT molecular complexity index is 744. The second-order valence-corrected chi connectivity index (χ2v) is 5.69. The second-order valence-electron chi connectivity index (χ2n) is 4.69. The average Bonchev–Trinajstić information content (AvgIpc) is 3.10. The fourth-order valence-corrected chi connectivity index (χ4v) is 3.02. The fourth-order valence-electron chi connectivity index (χ4n) is 2.07. The van der Waals surface area contributed by atoms with Crippen LogP contribution in [-0.4, -0.2) is 10.8 Å². The topological polar surface area (TPSA) is 42.0 Å². The lowest BCUT2D eigenvalue weighted by molar-refractivity contribution is 0.104. The Balaban J connectivity index is 1.82. The lowest BCUT2D eigenvalue weighted by Crippen LogP contribution is -1.99. The summed E-state index contributed by atoms with van der Waals surface area (Å²) in [6.07, 6.45) is 6.52. The molecule has 0 unspecified atom stereocenters. The summed E-state index contributed by atoms with van der Waals surface area (Å²) in [6, 6.07) is 6.03. The molecule has 0 bridgehead atoms. The van der Waals surface area contributed by atoms with Gasteiger partial charge in [0.25, 0.3) is 0 Å². The number of hydrogen-bond acceptors (Lipinski definition) is 4. The maximum Gasteiger partial charge on any atom is 0.204 e. The Labute approximate surface area is 125 Å². The van der Waals surface area contributed by atoms with Gasteiger partial charge >= 0.3 is 0 Å². The van der Waals surface area contributed by atoms with Crippen LogP contribution in [0.4, 0.5) is 15.2 Å². The minimum atomic E-state index is -0.285. The first-order valence-corrected chi connectivity index (χ1v) is 7.36. The van der Waals surface area contributed by atoms with E-state index < -0.39 is 0 Å². The molecule has 1 aromatic carbocycles. The van der Waals surface area contributed by atoms with E-state index in [1.165, 1.54) is 23.5 Å². The summed E-state index contributed by atoms with van der Waals surface area (Å²) < 4.78 is 12.9. The Hall–Kier alpha value is -2.27. The van der Waals surface area contributed by atoms with E-state index >= 15 is 0 Å². The van der Waals surface area contributed by atoms with E-state index in [4.69, 9.17) is 0 Å². The monoisotopic (exact) mass is 300 g/mol. The highest BCUT2D eigenvalue weighted by Crippen LogP contribution is 2.28. The van der Waals surface area contributed by atoms with Gasteiger partial charge in [-0.3, -0.25) is 4.79 Å². The van der Waals surface area contributed by atoms with Crippen LogP contribution < -0.4 is 5.32 Å². The number of ketones is 1. The van der Waals surface area contributed by atoms with E-state index in [9.17, 15) is 9.18 Å². The van der Waals surface area contributed by atoms with Crippen molar-refractivity contribution in [3.63, 3.8) is 0 Å². The summed E-state index contributed by atoms with van der Waals surface area (Å²) in [6.45, 7) is 1.82. The minimum Gasteiger partial charge on any atom is -0.332 e. The van der Waals surface area contributed by atoms with Crippen molar-refractivity contribution < 1.29 is 9.18 Å². The number of thiazole rings is 1. The van der Waals surface area contributed by atoms with Crippen LogP contribution in [0.15, 0.2) is 48.1 Å². The lowest BCUT2D eigenvalue weighted by Gasteiger charge is -2.01.